The topological polar surface area (TPSA) is 19.4 Å². The Morgan fingerprint density at radius 1 is 1.00 bits per heavy atom. The summed E-state index contributed by atoms with van der Waals surface area (Å²) in [6, 6.07) is 12.3. The van der Waals surface area contributed by atoms with Gasteiger partial charge in [-0.05, 0) is 69.4 Å². The highest BCUT2D eigenvalue weighted by molar-refractivity contribution is 6.30. The van der Waals surface area contributed by atoms with Gasteiger partial charge in [0.1, 0.15) is 0 Å². The third-order valence-electron chi connectivity index (χ3n) is 3.63. The third-order valence-corrected chi connectivity index (χ3v) is 3.86. The quantitative estimate of drug-likeness (QED) is 0.739. The lowest BCUT2D eigenvalue weighted by atomic mass is 10.1. The van der Waals surface area contributed by atoms with Gasteiger partial charge < -0.3 is 9.80 Å². The number of benzene rings is 1. The van der Waals surface area contributed by atoms with Crippen LogP contribution in [0.15, 0.2) is 48.8 Å². The summed E-state index contributed by atoms with van der Waals surface area (Å²) in [5.41, 5.74) is 2.51. The molecule has 0 atom stereocenters. The zero-order valence-electron chi connectivity index (χ0n) is 13.4. The number of nitrogens with zero attached hydrogens (tertiary/aromatic N) is 3. The number of hydrogen-bond acceptors (Lipinski definition) is 3. The van der Waals surface area contributed by atoms with Crippen LogP contribution in [0, 0.1) is 0 Å². The molecular weight excluding hydrogens is 294 g/mol. The van der Waals surface area contributed by atoms with E-state index in [9.17, 15) is 0 Å². The molecule has 0 radical (unpaired) electrons. The number of pyridine rings is 1. The van der Waals surface area contributed by atoms with Crippen molar-refractivity contribution in [2.45, 2.75) is 12.8 Å². The number of anilines is 1. The van der Waals surface area contributed by atoms with Gasteiger partial charge in [0.15, 0.2) is 0 Å². The summed E-state index contributed by atoms with van der Waals surface area (Å²) in [4.78, 5) is 8.71. The van der Waals surface area contributed by atoms with E-state index in [1.807, 2.05) is 30.6 Å². The number of rotatable bonds is 8. The SMILES string of the molecule is CN(C)CCCN(CCc1ccncc1)c1cccc(Cl)c1. The fourth-order valence-electron chi connectivity index (χ4n) is 2.43. The summed E-state index contributed by atoms with van der Waals surface area (Å²) < 4.78 is 0. The van der Waals surface area contributed by atoms with E-state index in [1.54, 1.807) is 0 Å². The largest absolute Gasteiger partial charge is 0.371 e. The van der Waals surface area contributed by atoms with Crippen molar-refractivity contribution in [1.29, 1.82) is 0 Å². The van der Waals surface area contributed by atoms with Gasteiger partial charge in [0.25, 0.3) is 0 Å². The fraction of sp³-hybridized carbons (Fsp3) is 0.389. The fourth-order valence-corrected chi connectivity index (χ4v) is 2.62. The molecular formula is C18H24ClN3. The maximum atomic E-state index is 6.15. The first-order chi connectivity index (χ1) is 10.6. The number of halogens is 1. The Morgan fingerprint density at radius 3 is 2.45 bits per heavy atom. The van der Waals surface area contributed by atoms with E-state index in [-0.39, 0.29) is 0 Å². The lowest BCUT2D eigenvalue weighted by Crippen LogP contribution is -2.29. The molecule has 118 valence electrons. The predicted molar refractivity (Wildman–Crippen MR) is 94.8 cm³/mol. The van der Waals surface area contributed by atoms with Crippen LogP contribution in [0.2, 0.25) is 5.02 Å². The van der Waals surface area contributed by atoms with Crippen LogP contribution in [0.1, 0.15) is 12.0 Å². The average Bonchev–Trinajstić information content (AvgIpc) is 2.51. The molecule has 0 aliphatic carbocycles. The van der Waals surface area contributed by atoms with Gasteiger partial charge in [0, 0.05) is 36.2 Å². The molecule has 0 amide bonds. The van der Waals surface area contributed by atoms with E-state index in [1.165, 1.54) is 11.3 Å². The Kier molecular flexibility index (Phi) is 6.69. The highest BCUT2D eigenvalue weighted by atomic mass is 35.5. The summed E-state index contributed by atoms with van der Waals surface area (Å²) >= 11 is 6.15. The molecule has 0 spiro atoms. The lowest BCUT2D eigenvalue weighted by Gasteiger charge is -2.26. The normalized spacial score (nSPS) is 10.9. The Hall–Kier alpha value is -1.58. The Bertz CT molecular complexity index is 557. The molecule has 0 saturated heterocycles. The van der Waals surface area contributed by atoms with Gasteiger partial charge in [0.05, 0.1) is 0 Å². The van der Waals surface area contributed by atoms with E-state index in [4.69, 9.17) is 11.6 Å². The van der Waals surface area contributed by atoms with Gasteiger partial charge in [-0.2, -0.15) is 0 Å². The first kappa shape index (κ1) is 16.8. The van der Waals surface area contributed by atoms with Crippen molar-refractivity contribution in [1.82, 2.24) is 9.88 Å². The summed E-state index contributed by atoms with van der Waals surface area (Å²) in [6.07, 6.45) is 5.85. The maximum absolute atomic E-state index is 6.15. The molecule has 2 rings (SSSR count). The van der Waals surface area contributed by atoms with Crippen LogP contribution < -0.4 is 4.90 Å². The molecule has 0 aliphatic heterocycles. The zero-order chi connectivity index (χ0) is 15.8. The minimum absolute atomic E-state index is 0.791. The van der Waals surface area contributed by atoms with Crippen LogP contribution in [-0.4, -0.2) is 43.6 Å². The van der Waals surface area contributed by atoms with Crippen LogP contribution in [0.25, 0.3) is 0 Å². The first-order valence-electron chi connectivity index (χ1n) is 7.69. The average molecular weight is 318 g/mol. The molecule has 22 heavy (non-hydrogen) atoms. The second-order valence-electron chi connectivity index (χ2n) is 5.73. The molecule has 3 nitrogen and oxygen atoms in total. The highest BCUT2D eigenvalue weighted by Crippen LogP contribution is 2.20. The van der Waals surface area contributed by atoms with E-state index < -0.39 is 0 Å². The van der Waals surface area contributed by atoms with E-state index in [0.717, 1.165) is 37.5 Å². The Balaban J connectivity index is 2.00. The van der Waals surface area contributed by atoms with Crippen molar-refractivity contribution < 1.29 is 0 Å². The van der Waals surface area contributed by atoms with Crippen molar-refractivity contribution in [3.05, 3.63) is 59.4 Å². The predicted octanol–water partition coefficient (Wildman–Crippen LogP) is 3.74. The van der Waals surface area contributed by atoms with Crippen molar-refractivity contribution in [3.63, 3.8) is 0 Å². The number of aromatic nitrogens is 1. The van der Waals surface area contributed by atoms with Crippen LogP contribution in [-0.2, 0) is 6.42 Å². The van der Waals surface area contributed by atoms with E-state index in [0.29, 0.717) is 0 Å². The molecule has 2 aromatic rings. The monoisotopic (exact) mass is 317 g/mol. The van der Waals surface area contributed by atoms with Gasteiger partial charge in [-0.1, -0.05) is 17.7 Å². The summed E-state index contributed by atoms with van der Waals surface area (Å²) in [7, 11) is 4.22. The molecule has 4 heteroatoms. The van der Waals surface area contributed by atoms with E-state index >= 15 is 0 Å². The Morgan fingerprint density at radius 2 is 1.77 bits per heavy atom. The molecule has 0 N–H and O–H groups in total. The van der Waals surface area contributed by atoms with Gasteiger partial charge in [-0.25, -0.2) is 0 Å². The third kappa shape index (κ3) is 5.66. The molecule has 0 saturated carbocycles. The van der Waals surface area contributed by atoms with Crippen LogP contribution in [0.4, 0.5) is 5.69 Å². The molecule has 1 heterocycles. The maximum Gasteiger partial charge on any atom is 0.0426 e. The second kappa shape index (κ2) is 8.76. The van der Waals surface area contributed by atoms with Crippen LogP contribution >= 0.6 is 11.6 Å². The molecule has 0 fully saturated rings. The van der Waals surface area contributed by atoms with Crippen molar-refractivity contribution >= 4 is 17.3 Å². The molecule has 0 bridgehead atoms. The minimum atomic E-state index is 0.791. The van der Waals surface area contributed by atoms with Crippen LogP contribution in [0.5, 0.6) is 0 Å². The van der Waals surface area contributed by atoms with Crippen molar-refractivity contribution in [2.75, 3.05) is 38.6 Å². The number of hydrogen-bond donors (Lipinski definition) is 0. The van der Waals surface area contributed by atoms with Gasteiger partial charge >= 0.3 is 0 Å². The molecule has 1 aromatic carbocycles. The summed E-state index contributed by atoms with van der Waals surface area (Å²) in [6.45, 7) is 3.10. The molecule has 0 unspecified atom stereocenters. The first-order valence-corrected chi connectivity index (χ1v) is 8.07. The highest BCUT2D eigenvalue weighted by Gasteiger charge is 2.07. The Labute approximate surface area is 138 Å². The summed E-state index contributed by atoms with van der Waals surface area (Å²) in [5, 5.41) is 0.791. The molecule has 0 aliphatic rings. The van der Waals surface area contributed by atoms with Crippen molar-refractivity contribution in [2.24, 2.45) is 0 Å². The minimum Gasteiger partial charge on any atom is -0.371 e. The smallest absolute Gasteiger partial charge is 0.0426 e. The second-order valence-corrected chi connectivity index (χ2v) is 6.17. The standard InChI is InChI=1S/C18H24ClN3/c1-21(2)12-4-13-22(18-6-3-5-17(19)15-18)14-9-16-7-10-20-11-8-16/h3,5-8,10-11,15H,4,9,12-14H2,1-2H3. The van der Waals surface area contributed by atoms with E-state index in [2.05, 4.69) is 47.1 Å². The summed E-state index contributed by atoms with van der Waals surface area (Å²) in [5.74, 6) is 0. The van der Waals surface area contributed by atoms with Crippen molar-refractivity contribution in [3.8, 4) is 0 Å². The molecule has 1 aromatic heterocycles. The zero-order valence-corrected chi connectivity index (χ0v) is 14.1. The van der Waals surface area contributed by atoms with Gasteiger partial charge in [-0.3, -0.25) is 4.98 Å². The van der Waals surface area contributed by atoms with Crippen LogP contribution in [0.3, 0.4) is 0 Å². The lowest BCUT2D eigenvalue weighted by molar-refractivity contribution is 0.400. The van der Waals surface area contributed by atoms with Gasteiger partial charge in [0.2, 0.25) is 0 Å². The van der Waals surface area contributed by atoms with Gasteiger partial charge in [-0.15, -0.1) is 0 Å².